The average Bonchev–Trinajstić information content (AvgIpc) is 3.32. The van der Waals surface area contributed by atoms with E-state index in [4.69, 9.17) is 13.9 Å². The molecular weight excluding hydrogens is 446 g/mol. The fourth-order valence-electron chi connectivity index (χ4n) is 3.70. The number of hydrogen-bond acceptors (Lipinski definition) is 7. The van der Waals surface area contributed by atoms with Gasteiger partial charge in [-0.3, -0.25) is 4.79 Å². The summed E-state index contributed by atoms with van der Waals surface area (Å²) in [4.78, 5) is 19.0. The van der Waals surface area contributed by atoms with E-state index in [1.54, 1.807) is 53.0 Å². The molecule has 1 saturated carbocycles. The normalized spacial score (nSPS) is 13.8. The number of hydrogen-bond donors (Lipinski definition) is 0. The Morgan fingerprint density at radius 3 is 2.73 bits per heavy atom. The molecule has 1 aromatic carbocycles. The monoisotopic (exact) mass is 473 g/mol. The molecule has 3 aromatic rings. The summed E-state index contributed by atoms with van der Waals surface area (Å²) in [6, 6.07) is 10.3. The number of furan rings is 1. The molecule has 1 fully saturated rings. The second kappa shape index (κ2) is 9.80. The van der Waals surface area contributed by atoms with Crippen molar-refractivity contribution in [3.05, 3.63) is 65.9 Å². The van der Waals surface area contributed by atoms with Crippen molar-refractivity contribution in [1.29, 1.82) is 0 Å². The maximum absolute atomic E-state index is 13.3. The summed E-state index contributed by atoms with van der Waals surface area (Å²) in [6.07, 6.45) is 4.79. The summed E-state index contributed by atoms with van der Waals surface area (Å²) in [5, 5.41) is -0.0430. The van der Waals surface area contributed by atoms with Crippen LogP contribution in [0.25, 0.3) is 0 Å². The number of aromatic nitrogens is 2. The number of carbonyl (C=O) groups is 1. The molecule has 33 heavy (non-hydrogen) atoms. The third kappa shape index (κ3) is 5.28. The summed E-state index contributed by atoms with van der Waals surface area (Å²) in [7, 11) is -0.675. The third-order valence-electron chi connectivity index (χ3n) is 5.50. The largest absolute Gasteiger partial charge is 0.497 e. The van der Waals surface area contributed by atoms with E-state index in [1.165, 1.54) is 19.6 Å². The van der Waals surface area contributed by atoms with Gasteiger partial charge in [0.2, 0.25) is 15.0 Å². The second-order valence-electron chi connectivity index (χ2n) is 7.93. The molecule has 1 aliphatic rings. The highest BCUT2D eigenvalue weighted by atomic mass is 32.2. The Bertz CT molecular complexity index is 1200. The van der Waals surface area contributed by atoms with Gasteiger partial charge in [-0.2, -0.15) is 0 Å². The Labute approximate surface area is 192 Å². The Morgan fingerprint density at radius 2 is 2.06 bits per heavy atom. The number of imidazole rings is 1. The van der Waals surface area contributed by atoms with E-state index in [1.807, 2.05) is 0 Å². The number of sulfone groups is 1. The summed E-state index contributed by atoms with van der Waals surface area (Å²) < 4.78 is 43.9. The van der Waals surface area contributed by atoms with Gasteiger partial charge < -0.3 is 23.4 Å². The van der Waals surface area contributed by atoms with Crippen LogP contribution in [0.1, 0.15) is 34.7 Å². The predicted octanol–water partition coefficient (Wildman–Crippen LogP) is 2.91. The van der Waals surface area contributed by atoms with Crippen LogP contribution < -0.4 is 4.74 Å². The first kappa shape index (κ1) is 23.1. The molecule has 9 nitrogen and oxygen atoms in total. The van der Waals surface area contributed by atoms with E-state index in [0.717, 1.165) is 12.8 Å². The van der Waals surface area contributed by atoms with Crippen molar-refractivity contribution >= 4 is 15.7 Å². The van der Waals surface area contributed by atoms with Crippen molar-refractivity contribution in [3.63, 3.8) is 0 Å². The molecule has 0 spiro atoms. The van der Waals surface area contributed by atoms with E-state index < -0.39 is 9.84 Å². The molecule has 0 N–H and O–H groups in total. The summed E-state index contributed by atoms with van der Waals surface area (Å²) >= 11 is 0. The average molecular weight is 474 g/mol. The van der Waals surface area contributed by atoms with E-state index >= 15 is 0 Å². The minimum atomic E-state index is -3.76. The third-order valence-corrected chi connectivity index (χ3v) is 7.10. The van der Waals surface area contributed by atoms with Gasteiger partial charge in [0.1, 0.15) is 5.75 Å². The molecule has 0 saturated heterocycles. The van der Waals surface area contributed by atoms with Crippen molar-refractivity contribution in [2.75, 3.05) is 20.8 Å². The Balaban J connectivity index is 1.63. The Kier molecular flexibility index (Phi) is 6.85. The van der Waals surface area contributed by atoms with Gasteiger partial charge in [-0.25, -0.2) is 13.4 Å². The fraction of sp³-hybridized carbons (Fsp3) is 0.391. The van der Waals surface area contributed by atoms with Crippen molar-refractivity contribution in [1.82, 2.24) is 14.5 Å². The molecule has 0 bridgehead atoms. The molecule has 0 radical (unpaired) electrons. The lowest BCUT2D eigenvalue weighted by Gasteiger charge is -2.22. The first-order valence-electron chi connectivity index (χ1n) is 10.7. The number of ether oxygens (including phenoxy) is 2. The molecule has 1 amide bonds. The first-order chi connectivity index (χ1) is 15.9. The van der Waals surface area contributed by atoms with Crippen molar-refractivity contribution in [2.45, 2.75) is 42.9 Å². The molecule has 0 unspecified atom stereocenters. The minimum Gasteiger partial charge on any atom is -0.497 e. The predicted molar refractivity (Wildman–Crippen MR) is 120 cm³/mol. The highest BCUT2D eigenvalue weighted by Gasteiger charge is 2.35. The maximum atomic E-state index is 13.3. The van der Waals surface area contributed by atoms with E-state index in [9.17, 15) is 13.2 Å². The SMILES string of the molecule is COCCn1c(CN(C(=O)c2ccco2)C2CC2)cnc1S(=O)(=O)Cc1cccc(OC)c1. The molecule has 10 heteroatoms. The molecule has 4 rings (SSSR count). The number of rotatable bonds is 11. The van der Waals surface area contributed by atoms with Gasteiger partial charge in [0, 0.05) is 19.7 Å². The molecule has 0 aliphatic heterocycles. The van der Waals surface area contributed by atoms with Crippen LogP contribution in [0.3, 0.4) is 0 Å². The maximum Gasteiger partial charge on any atom is 0.290 e. The zero-order valence-electron chi connectivity index (χ0n) is 18.6. The molecule has 2 heterocycles. The van der Waals surface area contributed by atoms with E-state index in [2.05, 4.69) is 4.98 Å². The van der Waals surface area contributed by atoms with Gasteiger partial charge in [-0.05, 0) is 42.7 Å². The highest BCUT2D eigenvalue weighted by Crippen LogP contribution is 2.30. The summed E-state index contributed by atoms with van der Waals surface area (Å²) in [5.74, 6) is 0.409. The highest BCUT2D eigenvalue weighted by molar-refractivity contribution is 7.90. The number of nitrogens with zero attached hydrogens (tertiary/aromatic N) is 3. The van der Waals surface area contributed by atoms with Crippen LogP contribution in [-0.4, -0.2) is 55.6 Å². The van der Waals surface area contributed by atoms with Crippen LogP contribution >= 0.6 is 0 Å². The Morgan fingerprint density at radius 1 is 1.24 bits per heavy atom. The molecule has 2 aromatic heterocycles. The smallest absolute Gasteiger partial charge is 0.290 e. The second-order valence-corrected chi connectivity index (χ2v) is 9.81. The van der Waals surface area contributed by atoms with Gasteiger partial charge in [-0.15, -0.1) is 0 Å². The van der Waals surface area contributed by atoms with E-state index in [-0.39, 0.29) is 35.2 Å². The zero-order chi connectivity index (χ0) is 23.4. The van der Waals surface area contributed by atoms with Gasteiger partial charge >= 0.3 is 0 Å². The number of amides is 1. The van der Waals surface area contributed by atoms with Crippen molar-refractivity contribution in [3.8, 4) is 5.75 Å². The zero-order valence-corrected chi connectivity index (χ0v) is 19.5. The number of carbonyl (C=O) groups excluding carboxylic acids is 1. The van der Waals surface area contributed by atoms with Gasteiger partial charge in [0.15, 0.2) is 5.76 Å². The number of methoxy groups -OCH3 is 2. The van der Waals surface area contributed by atoms with E-state index in [0.29, 0.717) is 30.2 Å². The lowest BCUT2D eigenvalue weighted by atomic mass is 10.2. The Hall–Kier alpha value is -3.11. The van der Waals surface area contributed by atoms with Crippen molar-refractivity contribution in [2.24, 2.45) is 0 Å². The van der Waals surface area contributed by atoms with Crippen molar-refractivity contribution < 1.29 is 27.1 Å². The van der Waals surface area contributed by atoms with Crippen LogP contribution in [0.2, 0.25) is 0 Å². The molecule has 1 aliphatic carbocycles. The van der Waals surface area contributed by atoms with Crippen LogP contribution in [0.15, 0.2) is 58.4 Å². The standard InChI is InChI=1S/C23H27N3O6S/c1-30-12-10-25-19(15-26(18-8-9-18)22(27)21-7-4-11-32-21)14-24-23(25)33(28,29)16-17-5-3-6-20(13-17)31-2/h3-7,11,13-14,18H,8-10,12,15-16H2,1-2H3. The first-order valence-corrected chi connectivity index (χ1v) is 12.3. The van der Waals surface area contributed by atoms with Gasteiger partial charge in [0.05, 0.1) is 44.2 Å². The van der Waals surface area contributed by atoms with Gasteiger partial charge in [0.25, 0.3) is 5.91 Å². The van der Waals surface area contributed by atoms with Crippen LogP contribution in [0.5, 0.6) is 5.75 Å². The van der Waals surface area contributed by atoms with Crippen LogP contribution in [0, 0.1) is 0 Å². The fourth-order valence-corrected chi connectivity index (χ4v) is 5.21. The minimum absolute atomic E-state index is 0.0430. The van der Waals surface area contributed by atoms with Crippen LogP contribution in [-0.2, 0) is 33.4 Å². The molecule has 0 atom stereocenters. The molecular formula is C23H27N3O6S. The topological polar surface area (TPSA) is 104 Å². The summed E-state index contributed by atoms with van der Waals surface area (Å²) in [6.45, 7) is 0.835. The quantitative estimate of drug-likeness (QED) is 0.422. The van der Waals surface area contributed by atoms with Crippen LogP contribution in [0.4, 0.5) is 0 Å². The number of benzene rings is 1. The molecule has 176 valence electrons. The lowest BCUT2D eigenvalue weighted by molar-refractivity contribution is 0.0692. The lowest BCUT2D eigenvalue weighted by Crippen LogP contribution is -2.33. The summed E-state index contributed by atoms with van der Waals surface area (Å²) in [5.41, 5.74) is 1.23. The van der Waals surface area contributed by atoms with Gasteiger partial charge in [-0.1, -0.05) is 12.1 Å².